The molecule has 6 rings (SSSR count). The van der Waals surface area contributed by atoms with Crippen LogP contribution in [0.1, 0.15) is 41.5 Å². The van der Waals surface area contributed by atoms with Crippen LogP contribution in [0.3, 0.4) is 0 Å². The Bertz CT molecular complexity index is 1320. The zero-order chi connectivity index (χ0) is 26.8. The van der Waals surface area contributed by atoms with E-state index in [0.717, 1.165) is 50.0 Å². The Morgan fingerprint density at radius 3 is 2.82 bits per heavy atom. The molecular formula is C32H39N3O3. The van der Waals surface area contributed by atoms with Crippen molar-refractivity contribution in [1.29, 1.82) is 0 Å². The molecule has 2 bridgehead atoms. The normalized spacial score (nSPS) is 29.1. The molecule has 0 aromatic heterocycles. The molecule has 1 N–H and O–H groups in total. The van der Waals surface area contributed by atoms with Gasteiger partial charge < -0.3 is 19.6 Å². The smallest absolute Gasteiger partial charge is 0.246 e. The molecule has 6 heteroatoms. The first kappa shape index (κ1) is 25.1. The number of carbonyl (C=O) groups is 1. The van der Waals surface area contributed by atoms with Gasteiger partial charge in [0.05, 0.1) is 6.04 Å². The number of amides is 1. The van der Waals surface area contributed by atoms with Crippen molar-refractivity contribution in [3.05, 3.63) is 77.0 Å². The third kappa shape index (κ3) is 3.76. The number of aromatic hydroxyl groups is 1. The molecule has 6 nitrogen and oxygen atoms in total. The Kier molecular flexibility index (Phi) is 6.06. The Balaban J connectivity index is 1.33. The van der Waals surface area contributed by atoms with Gasteiger partial charge in [0.15, 0.2) is 11.5 Å². The highest BCUT2D eigenvalue weighted by Crippen LogP contribution is 2.64. The zero-order valence-electron chi connectivity index (χ0n) is 23.0. The Morgan fingerprint density at radius 2 is 2.05 bits per heavy atom. The molecule has 5 atom stereocenters. The minimum Gasteiger partial charge on any atom is -0.504 e. The number of benzene rings is 2. The SMILES string of the molecule is C=C(CN1CC[C@]23c4c5ccc(O)c4O[C@H]2[C@H](N(C)C(=O)C=Cc2cccc(C)c2)CC[C@H]3[C@H]1C5)N(C)C. The van der Waals surface area contributed by atoms with E-state index in [2.05, 4.69) is 55.6 Å². The van der Waals surface area contributed by atoms with Crippen molar-refractivity contribution in [1.82, 2.24) is 14.7 Å². The predicted octanol–water partition coefficient (Wildman–Crippen LogP) is 4.36. The summed E-state index contributed by atoms with van der Waals surface area (Å²) in [5.74, 6) is 1.29. The fourth-order valence-electron chi connectivity index (χ4n) is 7.79. The van der Waals surface area contributed by atoms with Gasteiger partial charge in [0, 0.05) is 56.5 Å². The van der Waals surface area contributed by atoms with Gasteiger partial charge in [0.25, 0.3) is 0 Å². The molecule has 1 saturated heterocycles. The van der Waals surface area contributed by atoms with Crippen LogP contribution < -0.4 is 4.74 Å². The largest absolute Gasteiger partial charge is 0.504 e. The summed E-state index contributed by atoms with van der Waals surface area (Å²) in [6, 6.07) is 12.4. The number of carbonyl (C=O) groups excluding carboxylic acids is 1. The van der Waals surface area contributed by atoms with Gasteiger partial charge in [-0.3, -0.25) is 9.69 Å². The van der Waals surface area contributed by atoms with Crippen molar-refractivity contribution >= 4 is 12.0 Å². The van der Waals surface area contributed by atoms with Gasteiger partial charge in [0.2, 0.25) is 5.91 Å². The topological polar surface area (TPSA) is 56.3 Å². The number of hydrogen-bond donors (Lipinski definition) is 1. The maximum Gasteiger partial charge on any atom is 0.246 e. The van der Waals surface area contributed by atoms with Gasteiger partial charge in [0.1, 0.15) is 6.10 Å². The lowest BCUT2D eigenvalue weighted by atomic mass is 9.51. The van der Waals surface area contributed by atoms with Gasteiger partial charge in [-0.05, 0) is 68.3 Å². The van der Waals surface area contributed by atoms with Crippen LogP contribution in [-0.4, -0.2) is 78.1 Å². The summed E-state index contributed by atoms with van der Waals surface area (Å²) in [4.78, 5) is 20.0. The number of ether oxygens (including phenoxy) is 1. The molecule has 2 fully saturated rings. The summed E-state index contributed by atoms with van der Waals surface area (Å²) in [6.45, 7) is 8.19. The second kappa shape index (κ2) is 9.19. The van der Waals surface area contributed by atoms with Crippen LogP contribution >= 0.6 is 0 Å². The standard InChI is InChI=1S/C32H39N3O3/c1-20-7-6-8-22(17-20)9-14-28(37)34(5)25-12-11-24-26-18-23-10-13-27(36)30-29(23)32(24,31(25)38-30)15-16-35(26)19-21(2)33(3)4/h6-10,13-14,17,24-26,31,36H,2,11-12,15-16,18-19H2,1,3-5H3/t24-,25+,26+,31-,32-/m0/s1. The lowest BCUT2D eigenvalue weighted by Crippen LogP contribution is -2.69. The molecule has 2 aromatic rings. The molecule has 1 spiro atoms. The average molecular weight is 514 g/mol. The second-order valence-corrected chi connectivity index (χ2v) is 11.9. The molecule has 38 heavy (non-hydrogen) atoms. The van der Waals surface area contributed by atoms with Gasteiger partial charge >= 0.3 is 0 Å². The van der Waals surface area contributed by atoms with Crippen LogP contribution in [0, 0.1) is 12.8 Å². The zero-order valence-corrected chi connectivity index (χ0v) is 23.0. The minimum absolute atomic E-state index is 0.0116. The van der Waals surface area contributed by atoms with Crippen LogP contribution in [0.4, 0.5) is 0 Å². The van der Waals surface area contributed by atoms with Gasteiger partial charge in [-0.15, -0.1) is 0 Å². The van der Waals surface area contributed by atoms with Crippen molar-refractivity contribution < 1.29 is 14.6 Å². The Hall–Kier alpha value is -3.25. The van der Waals surface area contributed by atoms with Crippen molar-refractivity contribution in [3.8, 4) is 11.5 Å². The molecule has 1 amide bonds. The van der Waals surface area contributed by atoms with E-state index in [1.165, 1.54) is 16.7 Å². The van der Waals surface area contributed by atoms with E-state index in [4.69, 9.17) is 4.74 Å². The van der Waals surface area contributed by atoms with E-state index in [9.17, 15) is 9.90 Å². The lowest BCUT2D eigenvalue weighted by molar-refractivity contribution is -0.135. The number of hydrogen-bond acceptors (Lipinski definition) is 5. The van der Waals surface area contributed by atoms with Crippen molar-refractivity contribution in [2.24, 2.45) is 5.92 Å². The summed E-state index contributed by atoms with van der Waals surface area (Å²) in [7, 11) is 6.03. The fraction of sp³-hybridized carbons (Fsp3) is 0.469. The number of nitrogens with zero attached hydrogens (tertiary/aromatic N) is 3. The molecule has 2 aliphatic heterocycles. The van der Waals surface area contributed by atoms with Gasteiger partial charge in [-0.1, -0.05) is 42.5 Å². The van der Waals surface area contributed by atoms with Crippen LogP contribution in [0.15, 0.2) is 54.8 Å². The first-order valence-electron chi connectivity index (χ1n) is 13.8. The van der Waals surface area contributed by atoms with Gasteiger partial charge in [-0.25, -0.2) is 0 Å². The van der Waals surface area contributed by atoms with Crippen LogP contribution in [0.5, 0.6) is 11.5 Å². The lowest BCUT2D eigenvalue weighted by Gasteiger charge is -2.60. The first-order chi connectivity index (χ1) is 18.2. The monoisotopic (exact) mass is 513 g/mol. The van der Waals surface area contributed by atoms with Crippen LogP contribution in [-0.2, 0) is 16.6 Å². The highest BCUT2D eigenvalue weighted by atomic mass is 16.5. The van der Waals surface area contributed by atoms with Gasteiger partial charge in [-0.2, -0.15) is 0 Å². The summed E-state index contributed by atoms with van der Waals surface area (Å²) in [6.07, 6.45) is 7.27. The number of phenolic OH excluding ortho intramolecular Hbond substituents is 1. The van der Waals surface area contributed by atoms with E-state index >= 15 is 0 Å². The molecule has 4 aliphatic rings. The quantitative estimate of drug-likeness (QED) is 0.582. The molecule has 1 saturated carbocycles. The molecule has 0 radical (unpaired) electrons. The third-order valence-electron chi connectivity index (χ3n) is 9.72. The van der Waals surface area contributed by atoms with Crippen molar-refractivity contribution in [2.45, 2.75) is 56.2 Å². The minimum atomic E-state index is -0.181. The van der Waals surface area contributed by atoms with E-state index in [-0.39, 0.29) is 29.2 Å². The number of aryl methyl sites for hydroxylation is 1. The highest BCUT2D eigenvalue weighted by molar-refractivity contribution is 5.92. The van der Waals surface area contributed by atoms with E-state index in [1.807, 2.05) is 30.2 Å². The maximum atomic E-state index is 13.4. The molecule has 0 unspecified atom stereocenters. The number of likely N-dealkylation sites (tertiary alicyclic amines) is 1. The predicted molar refractivity (Wildman–Crippen MR) is 150 cm³/mol. The summed E-state index contributed by atoms with van der Waals surface area (Å²) in [5, 5.41) is 10.9. The van der Waals surface area contributed by atoms with Crippen LogP contribution in [0.2, 0.25) is 0 Å². The van der Waals surface area contributed by atoms with Crippen molar-refractivity contribution in [3.63, 3.8) is 0 Å². The van der Waals surface area contributed by atoms with E-state index in [0.29, 0.717) is 17.7 Å². The van der Waals surface area contributed by atoms with E-state index < -0.39 is 0 Å². The summed E-state index contributed by atoms with van der Waals surface area (Å²) in [5.41, 5.74) is 5.64. The molecular weight excluding hydrogens is 474 g/mol. The maximum absolute atomic E-state index is 13.4. The Morgan fingerprint density at radius 1 is 1.24 bits per heavy atom. The van der Waals surface area contributed by atoms with Crippen LogP contribution in [0.25, 0.3) is 6.08 Å². The summed E-state index contributed by atoms with van der Waals surface area (Å²) >= 11 is 0. The summed E-state index contributed by atoms with van der Waals surface area (Å²) < 4.78 is 6.71. The Labute approximate surface area is 226 Å². The average Bonchev–Trinajstić information content (AvgIpc) is 3.25. The number of phenols is 1. The second-order valence-electron chi connectivity index (χ2n) is 11.9. The number of likely N-dealkylation sites (N-methyl/N-ethyl adjacent to an activating group) is 2. The number of rotatable bonds is 6. The number of piperidine rings is 1. The molecule has 2 aromatic carbocycles. The molecule has 200 valence electrons. The molecule has 2 aliphatic carbocycles. The van der Waals surface area contributed by atoms with Crippen molar-refractivity contribution in [2.75, 3.05) is 34.2 Å². The highest BCUT2D eigenvalue weighted by Gasteiger charge is 2.66. The fourth-order valence-corrected chi connectivity index (χ4v) is 7.79. The first-order valence-corrected chi connectivity index (χ1v) is 13.8. The third-order valence-corrected chi connectivity index (χ3v) is 9.72. The molecule has 2 heterocycles. The van der Waals surface area contributed by atoms with E-state index in [1.54, 1.807) is 12.1 Å².